The fourth-order valence-corrected chi connectivity index (χ4v) is 4.37. The van der Waals surface area contributed by atoms with Crippen LogP contribution in [0.5, 0.6) is 0 Å². The summed E-state index contributed by atoms with van der Waals surface area (Å²) in [4.78, 5) is 40.0. The lowest BCUT2D eigenvalue weighted by Crippen LogP contribution is -2.35. The van der Waals surface area contributed by atoms with Gasteiger partial charge in [-0.2, -0.15) is 13.2 Å². The molecule has 0 unspecified atom stereocenters. The average Bonchev–Trinajstić information content (AvgIpc) is 3.39. The summed E-state index contributed by atoms with van der Waals surface area (Å²) in [7, 11) is 0. The maximum atomic E-state index is 12.3. The maximum absolute atomic E-state index is 12.3. The van der Waals surface area contributed by atoms with Gasteiger partial charge in [-0.15, -0.1) is 0 Å². The summed E-state index contributed by atoms with van der Waals surface area (Å²) < 4.78 is 37.2. The highest BCUT2D eigenvalue weighted by atomic mass is 19.4. The lowest BCUT2D eigenvalue weighted by atomic mass is 10.0. The van der Waals surface area contributed by atoms with Crippen molar-refractivity contribution in [2.75, 3.05) is 31.6 Å². The fourth-order valence-electron chi connectivity index (χ4n) is 4.37. The number of aromatic amines is 1. The van der Waals surface area contributed by atoms with E-state index in [-0.39, 0.29) is 0 Å². The number of amides is 1. The number of alkyl halides is 3. The van der Waals surface area contributed by atoms with Gasteiger partial charge in [0.1, 0.15) is 11.3 Å². The number of aromatic nitrogens is 4. The number of imidazole rings is 1. The lowest BCUT2D eigenvalue weighted by molar-refractivity contribution is -0.192. The van der Waals surface area contributed by atoms with Gasteiger partial charge in [0.2, 0.25) is 0 Å². The molecule has 5 N–H and O–H groups in total. The van der Waals surface area contributed by atoms with Gasteiger partial charge in [0.05, 0.1) is 24.5 Å². The monoisotopic (exact) mass is 571 g/mol. The van der Waals surface area contributed by atoms with E-state index in [2.05, 4.69) is 38.2 Å². The number of H-pyrrole nitrogens is 1. The number of ether oxygens (including phenoxy) is 1. The minimum Gasteiger partial charge on any atom is -0.475 e. The summed E-state index contributed by atoms with van der Waals surface area (Å²) >= 11 is 0. The van der Waals surface area contributed by atoms with Gasteiger partial charge >= 0.3 is 12.1 Å². The van der Waals surface area contributed by atoms with Gasteiger partial charge in [0.25, 0.3) is 5.91 Å². The number of fused-ring (bicyclic) bond motifs is 1. The van der Waals surface area contributed by atoms with Crippen LogP contribution >= 0.6 is 0 Å². The Morgan fingerprint density at radius 1 is 1.17 bits per heavy atom. The van der Waals surface area contributed by atoms with Gasteiger partial charge in [-0.3, -0.25) is 14.7 Å². The number of rotatable bonds is 7. The number of halogens is 3. The van der Waals surface area contributed by atoms with E-state index < -0.39 is 18.1 Å². The van der Waals surface area contributed by atoms with Crippen molar-refractivity contribution in [3.05, 3.63) is 65.6 Å². The number of pyridine rings is 2. The average molecular weight is 572 g/mol. The number of anilines is 2. The van der Waals surface area contributed by atoms with Gasteiger partial charge in [-0.05, 0) is 35.7 Å². The number of carbonyl (C=O) groups excluding carboxylic acids is 1. The Morgan fingerprint density at radius 3 is 2.46 bits per heavy atom. The number of nitrogens with one attached hydrogen (secondary N) is 2. The molecule has 3 aromatic heterocycles. The van der Waals surface area contributed by atoms with E-state index in [0.717, 1.165) is 50.5 Å². The molecule has 41 heavy (non-hydrogen) atoms. The van der Waals surface area contributed by atoms with Crippen molar-refractivity contribution in [1.29, 1.82) is 0 Å². The molecule has 11 nitrogen and oxygen atoms in total. The molecule has 1 aromatic carbocycles. The van der Waals surface area contributed by atoms with Crippen LogP contribution in [0.4, 0.5) is 24.5 Å². The molecule has 4 aromatic rings. The number of primary amides is 1. The van der Waals surface area contributed by atoms with Crippen LogP contribution in [0, 0.1) is 0 Å². The third-order valence-electron chi connectivity index (χ3n) is 6.36. The quantitative estimate of drug-likeness (QED) is 0.258. The molecular weight excluding hydrogens is 543 g/mol. The first-order valence-corrected chi connectivity index (χ1v) is 12.6. The van der Waals surface area contributed by atoms with Gasteiger partial charge in [-0.25, -0.2) is 14.8 Å². The SMILES string of the molecule is CCc1c(CN2CCOCC2)cccc1Nc1c(C(N)=O)cnc2[nH]c(-c3ccncc3)nc12.O=C(O)C(F)(F)F. The highest BCUT2D eigenvalue weighted by Gasteiger charge is 2.38. The minimum absolute atomic E-state index is 0.293. The molecule has 1 amide bonds. The number of nitrogens with zero attached hydrogens (tertiary/aromatic N) is 4. The third kappa shape index (κ3) is 7.15. The molecule has 0 aliphatic carbocycles. The maximum Gasteiger partial charge on any atom is 0.490 e. The summed E-state index contributed by atoms with van der Waals surface area (Å²) in [5.74, 6) is -2.67. The summed E-state index contributed by atoms with van der Waals surface area (Å²) in [6, 6.07) is 9.95. The standard InChI is InChI=1S/C25H27N7O2.C2HF3O2/c1-2-18-17(15-32-10-12-34-13-11-32)4-3-5-20(18)29-21-19(23(26)33)14-28-25-22(21)30-24(31-25)16-6-8-27-9-7-16;3-2(4,5)1(6)7/h3-9,14H,2,10-13,15H2,1H3,(H2,26,33)(H2,28,29,30,31);(H,6,7). The Labute approximate surface area is 232 Å². The van der Waals surface area contributed by atoms with Crippen LogP contribution in [0.15, 0.2) is 48.9 Å². The van der Waals surface area contributed by atoms with Gasteiger partial charge in [0, 0.05) is 49.5 Å². The molecule has 1 fully saturated rings. The molecule has 1 aliphatic rings. The second kappa shape index (κ2) is 12.7. The van der Waals surface area contributed by atoms with E-state index in [9.17, 15) is 18.0 Å². The molecule has 0 bridgehead atoms. The van der Waals surface area contributed by atoms with Crippen molar-refractivity contribution < 1.29 is 32.6 Å². The van der Waals surface area contributed by atoms with Crippen LogP contribution in [-0.2, 0) is 22.5 Å². The number of hydrogen-bond donors (Lipinski definition) is 4. The van der Waals surface area contributed by atoms with Crippen LogP contribution < -0.4 is 11.1 Å². The number of hydrogen-bond acceptors (Lipinski definition) is 8. The molecule has 1 saturated heterocycles. The van der Waals surface area contributed by atoms with E-state index >= 15 is 0 Å². The van der Waals surface area contributed by atoms with E-state index in [1.807, 2.05) is 24.3 Å². The molecule has 0 spiro atoms. The first-order valence-electron chi connectivity index (χ1n) is 12.6. The Balaban J connectivity index is 0.000000493. The van der Waals surface area contributed by atoms with Crippen LogP contribution in [0.25, 0.3) is 22.6 Å². The highest BCUT2D eigenvalue weighted by Crippen LogP contribution is 2.32. The normalized spacial score (nSPS) is 13.9. The number of benzene rings is 1. The molecular formula is C27H28F3N7O4. The van der Waals surface area contributed by atoms with E-state index in [0.29, 0.717) is 28.2 Å². The predicted molar refractivity (Wildman–Crippen MR) is 145 cm³/mol. The zero-order valence-corrected chi connectivity index (χ0v) is 22.0. The Hall–Kier alpha value is -4.56. The van der Waals surface area contributed by atoms with E-state index in [1.165, 1.54) is 17.3 Å². The Bertz CT molecular complexity index is 1520. The highest BCUT2D eigenvalue weighted by molar-refractivity contribution is 6.06. The van der Waals surface area contributed by atoms with Crippen molar-refractivity contribution >= 4 is 34.4 Å². The summed E-state index contributed by atoms with van der Waals surface area (Å²) in [6.45, 7) is 6.34. The van der Waals surface area contributed by atoms with E-state index in [1.54, 1.807) is 12.4 Å². The topological polar surface area (TPSA) is 159 Å². The molecule has 4 heterocycles. The molecule has 0 radical (unpaired) electrons. The second-order valence-corrected chi connectivity index (χ2v) is 9.04. The Morgan fingerprint density at radius 2 is 1.85 bits per heavy atom. The summed E-state index contributed by atoms with van der Waals surface area (Å²) in [6.07, 6.45) is 0.658. The third-order valence-corrected chi connectivity index (χ3v) is 6.36. The molecule has 0 saturated carbocycles. The van der Waals surface area contributed by atoms with Crippen LogP contribution in [0.2, 0.25) is 0 Å². The van der Waals surface area contributed by atoms with Crippen molar-refractivity contribution in [2.45, 2.75) is 26.1 Å². The van der Waals surface area contributed by atoms with Crippen molar-refractivity contribution in [2.24, 2.45) is 5.73 Å². The number of carboxylic acid groups (broad SMARTS) is 1. The molecule has 5 rings (SSSR count). The van der Waals surface area contributed by atoms with Crippen molar-refractivity contribution in [1.82, 2.24) is 24.8 Å². The largest absolute Gasteiger partial charge is 0.490 e. The van der Waals surface area contributed by atoms with Gasteiger partial charge in [0.15, 0.2) is 5.65 Å². The first-order chi connectivity index (χ1) is 19.6. The van der Waals surface area contributed by atoms with Crippen LogP contribution in [0.3, 0.4) is 0 Å². The second-order valence-electron chi connectivity index (χ2n) is 9.04. The lowest BCUT2D eigenvalue weighted by Gasteiger charge is -2.28. The predicted octanol–water partition coefficient (Wildman–Crippen LogP) is 3.89. The molecule has 216 valence electrons. The van der Waals surface area contributed by atoms with Crippen LogP contribution in [0.1, 0.15) is 28.4 Å². The number of aliphatic carboxylic acids is 1. The first kappa shape index (κ1) is 29.4. The smallest absolute Gasteiger partial charge is 0.475 e. The molecule has 1 aliphatic heterocycles. The zero-order chi connectivity index (χ0) is 29.6. The number of carboxylic acids is 1. The van der Waals surface area contributed by atoms with Gasteiger partial charge < -0.3 is 25.9 Å². The van der Waals surface area contributed by atoms with Crippen LogP contribution in [-0.4, -0.2) is 74.3 Å². The zero-order valence-electron chi connectivity index (χ0n) is 22.0. The Kier molecular flexibility index (Phi) is 9.14. The molecule has 0 atom stereocenters. The minimum atomic E-state index is -5.08. The van der Waals surface area contributed by atoms with Gasteiger partial charge in [-0.1, -0.05) is 19.1 Å². The van der Waals surface area contributed by atoms with Crippen molar-refractivity contribution in [3.8, 4) is 11.4 Å². The summed E-state index contributed by atoms with van der Waals surface area (Å²) in [5, 5.41) is 10.6. The number of morpholine rings is 1. The number of nitrogens with two attached hydrogens (primary N) is 1. The number of carbonyl (C=O) groups is 2. The molecule has 14 heteroatoms. The summed E-state index contributed by atoms with van der Waals surface area (Å²) in [5.41, 5.74) is 11.9. The fraction of sp³-hybridized carbons (Fsp3) is 0.296. The van der Waals surface area contributed by atoms with E-state index in [4.69, 9.17) is 25.4 Å². The van der Waals surface area contributed by atoms with Crippen molar-refractivity contribution in [3.63, 3.8) is 0 Å².